The Labute approximate surface area is 121 Å². The molecule has 5 nitrogen and oxygen atoms in total. The molecular weight excluding hydrogens is 254 g/mol. The molecule has 1 aromatic rings. The van der Waals surface area contributed by atoms with Crippen LogP contribution in [0.15, 0.2) is 18.2 Å². The van der Waals surface area contributed by atoms with E-state index in [2.05, 4.69) is 17.9 Å². The molecule has 112 valence electrons. The van der Waals surface area contributed by atoms with Gasteiger partial charge in [0.2, 0.25) is 0 Å². The van der Waals surface area contributed by atoms with Crippen molar-refractivity contribution < 1.29 is 9.47 Å². The quantitative estimate of drug-likeness (QED) is 0.534. The van der Waals surface area contributed by atoms with E-state index in [4.69, 9.17) is 20.6 Å². The smallest absolute Gasteiger partial charge is 0.123 e. The van der Waals surface area contributed by atoms with Gasteiger partial charge in [0.05, 0.1) is 19.6 Å². The molecule has 1 rings (SSSR count). The summed E-state index contributed by atoms with van der Waals surface area (Å²) in [5.41, 5.74) is 7.80. The van der Waals surface area contributed by atoms with E-state index >= 15 is 0 Å². The highest BCUT2D eigenvalue weighted by Gasteiger charge is 2.10. The molecule has 0 saturated carbocycles. The highest BCUT2D eigenvalue weighted by Crippen LogP contribution is 2.21. The van der Waals surface area contributed by atoms with E-state index in [0.29, 0.717) is 13.0 Å². The number of nitrogens with zero attached hydrogens (tertiary/aromatic N) is 1. The van der Waals surface area contributed by atoms with Crippen LogP contribution in [0, 0.1) is 12.3 Å². The topological polar surface area (TPSA) is 71.6 Å². The first-order valence-corrected chi connectivity index (χ1v) is 6.74. The Kier molecular flexibility index (Phi) is 7.04. The number of benzene rings is 1. The number of hydrogen-bond acceptors (Lipinski definition) is 4. The van der Waals surface area contributed by atoms with E-state index in [1.807, 2.05) is 12.1 Å². The van der Waals surface area contributed by atoms with E-state index in [-0.39, 0.29) is 5.84 Å². The number of rotatable bonds is 9. The molecule has 0 radical (unpaired) electrons. The number of aryl methyl sites for hydroxylation is 1. The summed E-state index contributed by atoms with van der Waals surface area (Å²) in [4.78, 5) is 2.22. The van der Waals surface area contributed by atoms with Crippen LogP contribution < -0.4 is 10.5 Å². The predicted molar refractivity (Wildman–Crippen MR) is 81.4 cm³/mol. The van der Waals surface area contributed by atoms with Crippen LogP contribution in [0.25, 0.3) is 0 Å². The summed E-state index contributed by atoms with van der Waals surface area (Å²) in [6.45, 7) is 5.04. The fourth-order valence-corrected chi connectivity index (χ4v) is 2.04. The van der Waals surface area contributed by atoms with Gasteiger partial charge in [-0.25, -0.2) is 0 Å². The molecule has 0 saturated heterocycles. The molecule has 3 N–H and O–H groups in total. The van der Waals surface area contributed by atoms with Gasteiger partial charge in [-0.3, -0.25) is 10.3 Å². The minimum atomic E-state index is 0.212. The van der Waals surface area contributed by atoms with Gasteiger partial charge in [0, 0.05) is 38.7 Å². The summed E-state index contributed by atoms with van der Waals surface area (Å²) in [5.74, 6) is 1.10. The van der Waals surface area contributed by atoms with Gasteiger partial charge in [-0.15, -0.1) is 0 Å². The Hall–Kier alpha value is -1.59. The zero-order valence-corrected chi connectivity index (χ0v) is 12.6. The minimum absolute atomic E-state index is 0.212. The number of nitrogens with two attached hydrogens (primary N) is 1. The van der Waals surface area contributed by atoms with E-state index in [1.165, 1.54) is 5.56 Å². The standard InChI is InChI=1S/C15H25N3O2/c1-12-4-5-14(20-3)13(10-12)11-18(8-9-19-2)7-6-15(16)17/h4-5,10H,6-9,11H2,1-3H3,(H3,16,17). The average molecular weight is 279 g/mol. The Bertz CT molecular complexity index is 435. The number of hydrogen-bond donors (Lipinski definition) is 2. The summed E-state index contributed by atoms with van der Waals surface area (Å²) in [6.07, 6.45) is 0.567. The molecule has 1 aromatic carbocycles. The normalized spacial score (nSPS) is 10.8. The predicted octanol–water partition coefficient (Wildman–Crippen LogP) is 1.78. The third-order valence-electron chi connectivity index (χ3n) is 3.14. The van der Waals surface area contributed by atoms with Crippen molar-refractivity contribution in [2.45, 2.75) is 19.9 Å². The number of ether oxygens (including phenoxy) is 2. The highest BCUT2D eigenvalue weighted by molar-refractivity contribution is 5.76. The second-order valence-corrected chi connectivity index (χ2v) is 4.86. The Morgan fingerprint density at radius 1 is 1.30 bits per heavy atom. The van der Waals surface area contributed by atoms with Crippen LogP contribution in [0.3, 0.4) is 0 Å². The first kappa shape index (κ1) is 16.5. The van der Waals surface area contributed by atoms with Gasteiger partial charge in [0.1, 0.15) is 5.75 Å². The van der Waals surface area contributed by atoms with Crippen LogP contribution in [-0.4, -0.2) is 44.7 Å². The van der Waals surface area contributed by atoms with Crippen molar-refractivity contribution in [3.05, 3.63) is 29.3 Å². The summed E-state index contributed by atoms with van der Waals surface area (Å²) in [6, 6.07) is 6.16. The molecule has 0 aromatic heterocycles. The molecule has 0 fully saturated rings. The second-order valence-electron chi connectivity index (χ2n) is 4.86. The Balaban J connectivity index is 2.76. The zero-order chi connectivity index (χ0) is 15.0. The van der Waals surface area contributed by atoms with Crippen LogP contribution in [-0.2, 0) is 11.3 Å². The van der Waals surface area contributed by atoms with Gasteiger partial charge < -0.3 is 15.2 Å². The van der Waals surface area contributed by atoms with Crippen molar-refractivity contribution in [2.75, 3.05) is 33.9 Å². The van der Waals surface area contributed by atoms with Crippen LogP contribution in [0.5, 0.6) is 5.75 Å². The van der Waals surface area contributed by atoms with E-state index in [0.717, 1.165) is 30.9 Å². The van der Waals surface area contributed by atoms with Crippen LogP contribution in [0.1, 0.15) is 17.5 Å². The molecule has 5 heteroatoms. The fraction of sp³-hybridized carbons (Fsp3) is 0.533. The maximum Gasteiger partial charge on any atom is 0.123 e. The number of amidine groups is 1. The van der Waals surface area contributed by atoms with Gasteiger partial charge >= 0.3 is 0 Å². The summed E-state index contributed by atoms with van der Waals surface area (Å²) in [7, 11) is 3.37. The first-order valence-electron chi connectivity index (χ1n) is 6.74. The second kappa shape index (κ2) is 8.55. The van der Waals surface area contributed by atoms with Crippen molar-refractivity contribution >= 4 is 5.84 Å². The number of methoxy groups -OCH3 is 2. The van der Waals surface area contributed by atoms with Crippen LogP contribution in [0.4, 0.5) is 0 Å². The van der Waals surface area contributed by atoms with Crippen molar-refractivity contribution in [2.24, 2.45) is 5.73 Å². The number of nitrogens with one attached hydrogen (secondary N) is 1. The molecule has 0 spiro atoms. The zero-order valence-electron chi connectivity index (χ0n) is 12.6. The van der Waals surface area contributed by atoms with Crippen molar-refractivity contribution in [1.29, 1.82) is 5.41 Å². The summed E-state index contributed by atoms with van der Waals surface area (Å²) in [5, 5.41) is 7.35. The van der Waals surface area contributed by atoms with Gasteiger partial charge in [-0.05, 0) is 13.0 Å². The van der Waals surface area contributed by atoms with Crippen molar-refractivity contribution in [3.63, 3.8) is 0 Å². The van der Waals surface area contributed by atoms with E-state index < -0.39 is 0 Å². The SMILES string of the molecule is COCCN(CCC(=N)N)Cc1cc(C)ccc1OC. The van der Waals surface area contributed by atoms with E-state index in [9.17, 15) is 0 Å². The highest BCUT2D eigenvalue weighted by atomic mass is 16.5. The summed E-state index contributed by atoms with van der Waals surface area (Å²) >= 11 is 0. The lowest BCUT2D eigenvalue weighted by Crippen LogP contribution is -2.30. The third-order valence-corrected chi connectivity index (χ3v) is 3.14. The lowest BCUT2D eigenvalue weighted by atomic mass is 10.1. The molecule has 20 heavy (non-hydrogen) atoms. The molecular formula is C15H25N3O2. The largest absolute Gasteiger partial charge is 0.496 e. The Morgan fingerprint density at radius 3 is 2.65 bits per heavy atom. The molecule has 0 heterocycles. The molecule has 0 unspecified atom stereocenters. The van der Waals surface area contributed by atoms with Gasteiger partial charge in [0.25, 0.3) is 0 Å². The lowest BCUT2D eigenvalue weighted by molar-refractivity contribution is 0.145. The Morgan fingerprint density at radius 2 is 2.05 bits per heavy atom. The first-order chi connectivity index (χ1) is 9.56. The van der Waals surface area contributed by atoms with Gasteiger partial charge in [-0.1, -0.05) is 17.7 Å². The maximum absolute atomic E-state index is 7.35. The molecule has 0 bridgehead atoms. The van der Waals surface area contributed by atoms with Crippen LogP contribution >= 0.6 is 0 Å². The summed E-state index contributed by atoms with van der Waals surface area (Å²) < 4.78 is 10.5. The molecule has 0 amide bonds. The average Bonchev–Trinajstić information content (AvgIpc) is 2.42. The minimum Gasteiger partial charge on any atom is -0.496 e. The molecule has 0 aliphatic rings. The molecule has 0 atom stereocenters. The van der Waals surface area contributed by atoms with Crippen molar-refractivity contribution in [1.82, 2.24) is 4.90 Å². The van der Waals surface area contributed by atoms with Crippen LogP contribution in [0.2, 0.25) is 0 Å². The lowest BCUT2D eigenvalue weighted by Gasteiger charge is -2.23. The fourth-order valence-electron chi connectivity index (χ4n) is 2.04. The molecule has 0 aliphatic heterocycles. The van der Waals surface area contributed by atoms with E-state index in [1.54, 1.807) is 14.2 Å². The van der Waals surface area contributed by atoms with Gasteiger partial charge in [0.15, 0.2) is 0 Å². The maximum atomic E-state index is 7.35. The molecule has 0 aliphatic carbocycles. The third kappa shape index (κ3) is 5.59. The van der Waals surface area contributed by atoms with Gasteiger partial charge in [-0.2, -0.15) is 0 Å². The van der Waals surface area contributed by atoms with Crippen molar-refractivity contribution in [3.8, 4) is 5.75 Å². The monoisotopic (exact) mass is 279 g/mol.